The van der Waals surface area contributed by atoms with Crippen molar-refractivity contribution in [2.24, 2.45) is 9.98 Å². The first-order chi connectivity index (χ1) is 18.8. The fourth-order valence-electron chi connectivity index (χ4n) is 4.64. The van der Waals surface area contributed by atoms with Gasteiger partial charge in [0.2, 0.25) is 11.8 Å². The van der Waals surface area contributed by atoms with Gasteiger partial charge in [0.15, 0.2) is 0 Å². The monoisotopic (exact) mass is 528 g/mol. The fraction of sp³-hybridized carbons (Fsp3) is 0.400. The maximum Gasteiger partial charge on any atom is 0.328 e. The number of benzene rings is 2. The van der Waals surface area contributed by atoms with Crippen LogP contribution in [0, 0.1) is 13.8 Å². The number of imide groups is 1. The summed E-state index contributed by atoms with van der Waals surface area (Å²) in [7, 11) is 0. The van der Waals surface area contributed by atoms with Crippen LogP contribution in [0.25, 0.3) is 0 Å². The molecule has 2 aliphatic heterocycles. The second-order valence-corrected chi connectivity index (χ2v) is 10.0. The van der Waals surface area contributed by atoms with Gasteiger partial charge in [-0.15, -0.1) is 0 Å². The number of nitrogens with one attached hydrogen (secondary N) is 2. The predicted octanol–water partition coefficient (Wildman–Crippen LogP) is 6.66. The topological polar surface area (TPSA) is 106 Å². The molecule has 0 saturated carbocycles. The van der Waals surface area contributed by atoms with Gasteiger partial charge in [0, 0.05) is 37.3 Å². The van der Waals surface area contributed by atoms with E-state index < -0.39 is 6.03 Å². The number of rotatable bonds is 6. The predicted molar refractivity (Wildman–Crippen MR) is 154 cm³/mol. The highest BCUT2D eigenvalue weighted by molar-refractivity contribution is 6.01. The summed E-state index contributed by atoms with van der Waals surface area (Å²) in [5.74, 6) is 0.518. The lowest BCUT2D eigenvalue weighted by Gasteiger charge is -2.24. The first-order valence-corrected chi connectivity index (χ1v) is 13.6. The summed E-state index contributed by atoms with van der Waals surface area (Å²) in [4.78, 5) is 49.2. The maximum atomic E-state index is 12.8. The summed E-state index contributed by atoms with van der Waals surface area (Å²) in [5, 5.41) is 6.13. The summed E-state index contributed by atoms with van der Waals surface area (Å²) in [6, 6.07) is 13.4. The first kappa shape index (κ1) is 27.8. The van der Waals surface area contributed by atoms with Crippen LogP contribution in [0.3, 0.4) is 0 Å². The van der Waals surface area contributed by atoms with E-state index in [0.29, 0.717) is 48.8 Å². The molecule has 2 aliphatic rings. The lowest BCUT2D eigenvalue weighted by molar-refractivity contribution is -0.129. The van der Waals surface area contributed by atoms with Gasteiger partial charge in [0.25, 0.3) is 0 Å². The molecule has 0 unspecified atom stereocenters. The molecule has 2 fully saturated rings. The van der Waals surface area contributed by atoms with Gasteiger partial charge in [-0.2, -0.15) is 9.98 Å². The minimum Gasteiger partial charge on any atom is -0.342 e. The Morgan fingerprint density at radius 1 is 0.769 bits per heavy atom. The number of urea groups is 1. The number of carbonyl (C=O) groups excluding carboxylic acids is 3. The highest BCUT2D eigenvalue weighted by Crippen LogP contribution is 2.26. The molecule has 0 aliphatic carbocycles. The Balaban J connectivity index is 1.45. The average molecular weight is 529 g/mol. The van der Waals surface area contributed by atoms with Crippen LogP contribution in [0.4, 0.5) is 27.5 Å². The summed E-state index contributed by atoms with van der Waals surface area (Å²) in [5.41, 5.74) is 4.46. The van der Waals surface area contributed by atoms with Crippen LogP contribution < -0.4 is 10.6 Å². The van der Waals surface area contributed by atoms with E-state index >= 15 is 0 Å². The van der Waals surface area contributed by atoms with Crippen LogP contribution >= 0.6 is 0 Å². The lowest BCUT2D eigenvalue weighted by atomic mass is 10.2. The second kappa shape index (κ2) is 13.0. The van der Waals surface area contributed by atoms with Crippen molar-refractivity contribution in [3.63, 3.8) is 0 Å². The molecule has 2 heterocycles. The molecule has 4 rings (SSSR count). The molecule has 2 N–H and O–H groups in total. The van der Waals surface area contributed by atoms with E-state index in [1.54, 1.807) is 11.0 Å². The molecule has 2 aromatic rings. The Morgan fingerprint density at radius 2 is 1.28 bits per heavy atom. The second-order valence-electron chi connectivity index (χ2n) is 10.0. The Hall–Kier alpha value is -4.23. The van der Waals surface area contributed by atoms with Gasteiger partial charge in [-0.3, -0.25) is 19.4 Å². The van der Waals surface area contributed by atoms with Gasteiger partial charge in [0.05, 0.1) is 11.4 Å². The Labute approximate surface area is 229 Å². The highest BCUT2D eigenvalue weighted by atomic mass is 16.2. The standard InChI is InChI=1S/C30H36N6O3/c1-21-12-14-24(18-26(21)33-23(3)35-16-8-4-6-10-28(35)37)31-20-32-25-15-13-22(2)27(19-25)34-30(39)36-17-9-5-7-11-29(36)38/h12-15,18-19,33H,3-11,16-17H2,1-2H3,(H,34,39). The number of likely N-dealkylation sites (tertiary alicyclic amines) is 2. The molecule has 0 spiro atoms. The van der Waals surface area contributed by atoms with Crippen molar-refractivity contribution in [2.75, 3.05) is 23.7 Å². The van der Waals surface area contributed by atoms with Crippen molar-refractivity contribution in [3.8, 4) is 0 Å². The van der Waals surface area contributed by atoms with Crippen molar-refractivity contribution in [1.82, 2.24) is 9.80 Å². The van der Waals surface area contributed by atoms with Gasteiger partial charge in [-0.1, -0.05) is 31.6 Å². The van der Waals surface area contributed by atoms with E-state index in [1.807, 2.05) is 44.2 Å². The van der Waals surface area contributed by atoms with Crippen molar-refractivity contribution in [1.29, 1.82) is 0 Å². The third-order valence-electron chi connectivity index (χ3n) is 7.04. The van der Waals surface area contributed by atoms with E-state index in [1.165, 1.54) is 4.90 Å². The number of carbonyl (C=O) groups is 3. The first-order valence-electron chi connectivity index (χ1n) is 13.6. The number of nitrogens with zero attached hydrogens (tertiary/aromatic N) is 4. The van der Waals surface area contributed by atoms with Crippen LogP contribution in [-0.2, 0) is 9.59 Å². The summed E-state index contributed by atoms with van der Waals surface area (Å²) >= 11 is 0. The SMILES string of the molecule is C=C(Nc1cc(N=C=Nc2ccc(C)c(NC(=O)N3CCCCCC3=O)c2)ccc1C)N1CCCCCC1=O. The Morgan fingerprint density at radius 3 is 1.87 bits per heavy atom. The van der Waals surface area contributed by atoms with Crippen LogP contribution in [-0.4, -0.2) is 46.7 Å². The molecule has 0 aromatic heterocycles. The summed E-state index contributed by atoms with van der Waals surface area (Å²) in [6.07, 6.45) is 6.45. The zero-order valence-electron chi connectivity index (χ0n) is 22.8. The third-order valence-corrected chi connectivity index (χ3v) is 7.04. The zero-order valence-corrected chi connectivity index (χ0v) is 22.8. The maximum absolute atomic E-state index is 12.8. The molecule has 9 heteroatoms. The normalized spacial score (nSPS) is 16.1. The van der Waals surface area contributed by atoms with Crippen molar-refractivity contribution >= 4 is 46.6 Å². The van der Waals surface area contributed by atoms with Crippen molar-refractivity contribution < 1.29 is 14.4 Å². The molecule has 4 amide bonds. The van der Waals surface area contributed by atoms with Crippen LogP contribution in [0.2, 0.25) is 0 Å². The lowest BCUT2D eigenvalue weighted by Crippen LogP contribution is -2.39. The average Bonchev–Trinajstić information content (AvgIpc) is 3.27. The van der Waals surface area contributed by atoms with Gasteiger partial charge in [-0.05, 0) is 74.9 Å². The summed E-state index contributed by atoms with van der Waals surface area (Å²) < 4.78 is 0. The van der Waals surface area contributed by atoms with Crippen molar-refractivity contribution in [2.45, 2.75) is 65.2 Å². The van der Waals surface area contributed by atoms with Crippen LogP contribution in [0.5, 0.6) is 0 Å². The van der Waals surface area contributed by atoms with E-state index in [0.717, 1.165) is 55.3 Å². The quantitative estimate of drug-likeness (QED) is 0.409. The molecular formula is C30H36N6O3. The number of aryl methyl sites for hydroxylation is 2. The highest BCUT2D eigenvalue weighted by Gasteiger charge is 2.23. The fourth-order valence-corrected chi connectivity index (χ4v) is 4.64. The van der Waals surface area contributed by atoms with Crippen LogP contribution in [0.1, 0.15) is 62.5 Å². The summed E-state index contributed by atoms with van der Waals surface area (Å²) in [6.45, 7) is 9.05. The number of hydrogen-bond acceptors (Lipinski definition) is 6. The Bertz CT molecular complexity index is 1230. The molecule has 2 aromatic carbocycles. The number of aliphatic imine (C=N–C) groups is 2. The molecule has 9 nitrogen and oxygen atoms in total. The van der Waals surface area contributed by atoms with Gasteiger partial charge >= 0.3 is 6.03 Å². The van der Waals surface area contributed by atoms with E-state index in [4.69, 9.17) is 0 Å². The molecule has 204 valence electrons. The van der Waals surface area contributed by atoms with Crippen molar-refractivity contribution in [3.05, 3.63) is 59.9 Å². The third kappa shape index (κ3) is 7.42. The van der Waals surface area contributed by atoms with E-state index in [-0.39, 0.29) is 11.8 Å². The molecule has 2 saturated heterocycles. The van der Waals surface area contributed by atoms with Crippen LogP contribution in [0.15, 0.2) is 58.8 Å². The smallest absolute Gasteiger partial charge is 0.328 e. The number of hydrogen-bond donors (Lipinski definition) is 2. The molecular weight excluding hydrogens is 492 g/mol. The molecule has 39 heavy (non-hydrogen) atoms. The molecule has 0 atom stereocenters. The minimum atomic E-state index is -0.414. The molecule has 0 bridgehead atoms. The number of anilines is 2. The number of amides is 4. The Kier molecular flexibility index (Phi) is 9.28. The van der Waals surface area contributed by atoms with E-state index in [2.05, 4.69) is 33.2 Å². The van der Waals surface area contributed by atoms with Gasteiger partial charge in [-0.25, -0.2) is 4.79 Å². The largest absolute Gasteiger partial charge is 0.342 e. The zero-order chi connectivity index (χ0) is 27.8. The van der Waals surface area contributed by atoms with Gasteiger partial charge in [0.1, 0.15) is 11.8 Å². The molecule has 0 radical (unpaired) electrons. The minimum absolute atomic E-state index is 0.0932. The van der Waals surface area contributed by atoms with Gasteiger partial charge < -0.3 is 10.6 Å². The van der Waals surface area contributed by atoms with E-state index in [9.17, 15) is 14.4 Å².